The molecule has 0 bridgehead atoms. The van der Waals surface area contributed by atoms with E-state index >= 15 is 0 Å². The van der Waals surface area contributed by atoms with Crippen LogP contribution >= 0.6 is 0 Å². The summed E-state index contributed by atoms with van der Waals surface area (Å²) in [5, 5.41) is 15.6. The zero-order valence-corrected chi connectivity index (χ0v) is 10.5. The van der Waals surface area contributed by atoms with E-state index in [2.05, 4.69) is 39.9 Å². The molecule has 0 saturated carbocycles. The summed E-state index contributed by atoms with van der Waals surface area (Å²) in [4.78, 5) is 0. The van der Waals surface area contributed by atoms with Crippen molar-refractivity contribution in [3.63, 3.8) is 0 Å². The van der Waals surface area contributed by atoms with Crippen LogP contribution in [0, 0.1) is 6.92 Å². The number of piperidine rings is 1. The molecular weight excluding hydrogens is 226 g/mol. The molecule has 94 valence electrons. The van der Waals surface area contributed by atoms with E-state index in [1.807, 2.05) is 16.8 Å². The molecule has 1 fully saturated rings. The molecule has 1 saturated heterocycles. The molecule has 2 aromatic rings. The Kier molecular flexibility index (Phi) is 3.06. The highest BCUT2D eigenvalue weighted by Crippen LogP contribution is 2.23. The summed E-state index contributed by atoms with van der Waals surface area (Å²) in [5.74, 6) is 1.38. The topological polar surface area (TPSA) is 55.6 Å². The number of nitrogens with zero attached hydrogens (tertiary/aromatic N) is 4. The Hall–Kier alpha value is -1.75. The minimum Gasteiger partial charge on any atom is -0.316 e. The Balaban J connectivity index is 1.98. The van der Waals surface area contributed by atoms with Crippen LogP contribution in [0.15, 0.2) is 24.3 Å². The predicted molar refractivity (Wildman–Crippen MR) is 68.7 cm³/mol. The van der Waals surface area contributed by atoms with Gasteiger partial charge in [-0.1, -0.05) is 18.2 Å². The summed E-state index contributed by atoms with van der Waals surface area (Å²) >= 11 is 0. The molecule has 5 heteroatoms. The molecule has 0 aliphatic carbocycles. The van der Waals surface area contributed by atoms with Gasteiger partial charge in [0.05, 0.1) is 5.69 Å². The van der Waals surface area contributed by atoms with E-state index in [0.29, 0.717) is 5.92 Å². The quantitative estimate of drug-likeness (QED) is 0.867. The Morgan fingerprint density at radius 1 is 1.33 bits per heavy atom. The molecule has 1 atom stereocenters. The lowest BCUT2D eigenvalue weighted by atomic mass is 9.99. The number of aromatic nitrogens is 4. The van der Waals surface area contributed by atoms with Crippen LogP contribution in [0.3, 0.4) is 0 Å². The van der Waals surface area contributed by atoms with Gasteiger partial charge in [0.15, 0.2) is 5.82 Å². The van der Waals surface area contributed by atoms with E-state index in [1.165, 1.54) is 12.0 Å². The highest BCUT2D eigenvalue weighted by molar-refractivity contribution is 5.39. The fourth-order valence-electron chi connectivity index (χ4n) is 2.49. The molecule has 1 aliphatic rings. The summed E-state index contributed by atoms with van der Waals surface area (Å²) in [5.41, 5.74) is 2.26. The van der Waals surface area contributed by atoms with Gasteiger partial charge in [0.1, 0.15) is 0 Å². The first-order chi connectivity index (χ1) is 8.86. The fourth-order valence-corrected chi connectivity index (χ4v) is 2.49. The van der Waals surface area contributed by atoms with Crippen LogP contribution in [-0.2, 0) is 0 Å². The summed E-state index contributed by atoms with van der Waals surface area (Å²) in [6, 6.07) is 8.20. The average Bonchev–Trinajstić information content (AvgIpc) is 2.89. The van der Waals surface area contributed by atoms with Crippen molar-refractivity contribution in [3.8, 4) is 5.69 Å². The third kappa shape index (κ3) is 2.01. The zero-order valence-electron chi connectivity index (χ0n) is 10.5. The van der Waals surface area contributed by atoms with Crippen molar-refractivity contribution < 1.29 is 0 Å². The number of hydrogen-bond acceptors (Lipinski definition) is 4. The van der Waals surface area contributed by atoms with E-state index < -0.39 is 0 Å². The van der Waals surface area contributed by atoms with Crippen molar-refractivity contribution in [2.24, 2.45) is 0 Å². The maximum atomic E-state index is 4.22. The standard InChI is InChI=1S/C13H17N5/c1-10-5-2-3-7-12(10)18-13(15-16-17-18)11-6-4-8-14-9-11/h2-3,5,7,11,14H,4,6,8-9H2,1H3. The molecule has 1 aromatic carbocycles. The van der Waals surface area contributed by atoms with E-state index in [9.17, 15) is 0 Å². The summed E-state index contributed by atoms with van der Waals surface area (Å²) < 4.78 is 1.88. The highest BCUT2D eigenvalue weighted by atomic mass is 15.5. The van der Waals surface area contributed by atoms with Gasteiger partial charge < -0.3 is 5.32 Å². The first-order valence-corrected chi connectivity index (χ1v) is 6.41. The lowest BCUT2D eigenvalue weighted by molar-refractivity contribution is 0.440. The molecule has 1 unspecified atom stereocenters. The lowest BCUT2D eigenvalue weighted by Crippen LogP contribution is -2.30. The van der Waals surface area contributed by atoms with Crippen molar-refractivity contribution in [2.75, 3.05) is 13.1 Å². The Bertz CT molecular complexity index is 528. The largest absolute Gasteiger partial charge is 0.316 e. The SMILES string of the molecule is Cc1ccccc1-n1nnnc1C1CCCNC1. The van der Waals surface area contributed by atoms with Gasteiger partial charge in [-0.3, -0.25) is 0 Å². The normalized spacial score (nSPS) is 19.9. The third-order valence-corrected chi connectivity index (χ3v) is 3.50. The Labute approximate surface area is 106 Å². The summed E-state index contributed by atoms with van der Waals surface area (Å²) in [7, 11) is 0. The van der Waals surface area contributed by atoms with E-state index in [4.69, 9.17) is 0 Å². The van der Waals surface area contributed by atoms with Crippen LogP contribution in [-0.4, -0.2) is 33.3 Å². The first-order valence-electron chi connectivity index (χ1n) is 6.41. The molecule has 3 rings (SSSR count). The van der Waals surface area contributed by atoms with Crippen molar-refractivity contribution in [3.05, 3.63) is 35.7 Å². The van der Waals surface area contributed by atoms with Gasteiger partial charge in [-0.2, -0.15) is 4.68 Å². The molecule has 1 aromatic heterocycles. The summed E-state index contributed by atoms with van der Waals surface area (Å²) in [6.45, 7) is 4.15. The fraction of sp³-hybridized carbons (Fsp3) is 0.462. The number of rotatable bonds is 2. The smallest absolute Gasteiger partial charge is 0.161 e. The Morgan fingerprint density at radius 2 is 2.22 bits per heavy atom. The molecular formula is C13H17N5. The number of hydrogen-bond donors (Lipinski definition) is 1. The van der Waals surface area contributed by atoms with Crippen LogP contribution in [0.5, 0.6) is 0 Å². The molecule has 0 spiro atoms. The number of para-hydroxylation sites is 1. The molecule has 2 heterocycles. The van der Waals surface area contributed by atoms with Gasteiger partial charge in [0.2, 0.25) is 0 Å². The van der Waals surface area contributed by atoms with Crippen molar-refractivity contribution in [1.29, 1.82) is 0 Å². The van der Waals surface area contributed by atoms with Crippen LogP contribution in [0.25, 0.3) is 5.69 Å². The molecule has 1 N–H and O–H groups in total. The van der Waals surface area contributed by atoms with Crippen LogP contribution in [0.1, 0.15) is 30.1 Å². The maximum absolute atomic E-state index is 4.22. The minimum absolute atomic E-state index is 0.411. The lowest BCUT2D eigenvalue weighted by Gasteiger charge is -2.21. The van der Waals surface area contributed by atoms with Gasteiger partial charge in [-0.15, -0.1) is 5.10 Å². The number of aryl methyl sites for hydroxylation is 1. The molecule has 18 heavy (non-hydrogen) atoms. The third-order valence-electron chi connectivity index (χ3n) is 3.50. The molecule has 1 aliphatic heterocycles. The average molecular weight is 243 g/mol. The van der Waals surface area contributed by atoms with Gasteiger partial charge >= 0.3 is 0 Å². The zero-order chi connectivity index (χ0) is 12.4. The van der Waals surface area contributed by atoms with Gasteiger partial charge in [-0.05, 0) is 48.4 Å². The molecule has 0 amide bonds. The van der Waals surface area contributed by atoms with Gasteiger partial charge in [0.25, 0.3) is 0 Å². The van der Waals surface area contributed by atoms with Crippen molar-refractivity contribution in [1.82, 2.24) is 25.5 Å². The van der Waals surface area contributed by atoms with Crippen molar-refractivity contribution in [2.45, 2.75) is 25.7 Å². The van der Waals surface area contributed by atoms with Crippen molar-refractivity contribution >= 4 is 0 Å². The van der Waals surface area contributed by atoms with E-state index in [-0.39, 0.29) is 0 Å². The highest BCUT2D eigenvalue weighted by Gasteiger charge is 2.22. The van der Waals surface area contributed by atoms with Gasteiger partial charge in [-0.25, -0.2) is 0 Å². The minimum atomic E-state index is 0.411. The number of nitrogens with one attached hydrogen (secondary N) is 1. The summed E-state index contributed by atoms with van der Waals surface area (Å²) in [6.07, 6.45) is 2.34. The molecule has 5 nitrogen and oxygen atoms in total. The van der Waals surface area contributed by atoms with E-state index in [0.717, 1.165) is 31.0 Å². The Morgan fingerprint density at radius 3 is 3.00 bits per heavy atom. The molecule has 0 radical (unpaired) electrons. The van der Waals surface area contributed by atoms with E-state index in [1.54, 1.807) is 0 Å². The monoisotopic (exact) mass is 243 g/mol. The first kappa shape index (κ1) is 11.3. The second-order valence-corrected chi connectivity index (χ2v) is 4.78. The maximum Gasteiger partial charge on any atom is 0.161 e. The second kappa shape index (κ2) is 4.86. The van der Waals surface area contributed by atoms with Crippen LogP contribution in [0.2, 0.25) is 0 Å². The van der Waals surface area contributed by atoms with Gasteiger partial charge in [0, 0.05) is 12.5 Å². The number of tetrazole rings is 1. The second-order valence-electron chi connectivity index (χ2n) is 4.78. The predicted octanol–water partition coefficient (Wildman–Crippen LogP) is 1.44. The van der Waals surface area contributed by atoms with Crippen LogP contribution in [0.4, 0.5) is 0 Å². The number of benzene rings is 1. The van der Waals surface area contributed by atoms with Crippen LogP contribution < -0.4 is 5.32 Å².